The molecule has 0 heterocycles. The van der Waals surface area contributed by atoms with E-state index in [1.807, 2.05) is 0 Å². The lowest BCUT2D eigenvalue weighted by Crippen LogP contribution is -2.41. The Hall–Kier alpha value is -0.860. The summed E-state index contributed by atoms with van der Waals surface area (Å²) < 4.78 is 5.92. The molecular weight excluding hydrogens is 270 g/mol. The molecule has 122 valence electrons. The Morgan fingerprint density at radius 1 is 0.818 bits per heavy atom. The highest BCUT2D eigenvalue weighted by Gasteiger charge is 2.24. The molecule has 0 aliphatic heterocycles. The quantitative estimate of drug-likeness (QED) is 0.823. The molecule has 22 heavy (non-hydrogen) atoms. The van der Waals surface area contributed by atoms with Gasteiger partial charge in [0.05, 0.1) is 6.61 Å². The van der Waals surface area contributed by atoms with E-state index in [0.717, 1.165) is 31.2 Å². The molecule has 1 N–H and O–H groups in total. The summed E-state index contributed by atoms with van der Waals surface area (Å²) in [6.07, 6.45) is 12.5. The first-order valence-corrected chi connectivity index (χ1v) is 9.28. The highest BCUT2D eigenvalue weighted by atomic mass is 16.5. The molecule has 0 amide bonds. The number of rotatable bonds is 6. The van der Waals surface area contributed by atoms with Crippen molar-refractivity contribution >= 4 is 0 Å². The van der Waals surface area contributed by atoms with Crippen LogP contribution in [0.1, 0.15) is 63.4 Å². The molecule has 3 rings (SSSR count). The van der Waals surface area contributed by atoms with Crippen molar-refractivity contribution in [2.75, 3.05) is 6.61 Å². The summed E-state index contributed by atoms with van der Waals surface area (Å²) in [5, 5.41) is 3.92. The SMILES string of the molecule is c1ccc(COCC2CCC(NC3CCCCC3)CC2)cc1. The fraction of sp³-hybridized carbons (Fsp3) is 0.700. The van der Waals surface area contributed by atoms with Crippen LogP contribution >= 0.6 is 0 Å². The van der Waals surface area contributed by atoms with E-state index >= 15 is 0 Å². The van der Waals surface area contributed by atoms with E-state index in [1.54, 1.807) is 0 Å². The largest absolute Gasteiger partial charge is 0.376 e. The van der Waals surface area contributed by atoms with Crippen LogP contribution in [0.5, 0.6) is 0 Å². The fourth-order valence-electron chi connectivity index (χ4n) is 4.02. The average molecular weight is 301 g/mol. The lowest BCUT2D eigenvalue weighted by atomic mass is 9.85. The van der Waals surface area contributed by atoms with Crippen LogP contribution in [0.25, 0.3) is 0 Å². The van der Waals surface area contributed by atoms with Gasteiger partial charge in [0.25, 0.3) is 0 Å². The molecule has 2 heteroatoms. The smallest absolute Gasteiger partial charge is 0.0717 e. The van der Waals surface area contributed by atoms with Crippen LogP contribution in [-0.2, 0) is 11.3 Å². The number of hydrogen-bond acceptors (Lipinski definition) is 2. The first kappa shape index (κ1) is 16.0. The summed E-state index contributed by atoms with van der Waals surface area (Å²) in [5.41, 5.74) is 1.29. The Balaban J connectivity index is 1.30. The van der Waals surface area contributed by atoms with E-state index in [4.69, 9.17) is 4.74 Å². The maximum Gasteiger partial charge on any atom is 0.0717 e. The first-order chi connectivity index (χ1) is 10.9. The van der Waals surface area contributed by atoms with Crippen molar-refractivity contribution in [1.82, 2.24) is 5.32 Å². The van der Waals surface area contributed by atoms with Crippen LogP contribution in [0.2, 0.25) is 0 Å². The third-order valence-electron chi connectivity index (χ3n) is 5.39. The van der Waals surface area contributed by atoms with E-state index < -0.39 is 0 Å². The molecule has 0 radical (unpaired) electrons. The Kier molecular flexibility index (Phi) is 6.32. The molecule has 1 aromatic rings. The van der Waals surface area contributed by atoms with Gasteiger partial charge in [-0.2, -0.15) is 0 Å². The number of hydrogen-bond donors (Lipinski definition) is 1. The predicted molar refractivity (Wildman–Crippen MR) is 91.9 cm³/mol. The molecule has 1 aromatic carbocycles. The van der Waals surface area contributed by atoms with Gasteiger partial charge >= 0.3 is 0 Å². The summed E-state index contributed by atoms with van der Waals surface area (Å²) in [5.74, 6) is 0.771. The molecule has 2 aliphatic rings. The summed E-state index contributed by atoms with van der Waals surface area (Å²) in [7, 11) is 0. The van der Waals surface area contributed by atoms with Gasteiger partial charge < -0.3 is 10.1 Å². The number of nitrogens with one attached hydrogen (secondary N) is 1. The zero-order valence-electron chi connectivity index (χ0n) is 13.8. The van der Waals surface area contributed by atoms with Crippen LogP contribution in [-0.4, -0.2) is 18.7 Å². The second-order valence-corrected chi connectivity index (χ2v) is 7.22. The Labute approximate surface area is 135 Å². The Bertz CT molecular complexity index is 405. The summed E-state index contributed by atoms with van der Waals surface area (Å²) >= 11 is 0. The van der Waals surface area contributed by atoms with Crippen molar-refractivity contribution in [3.63, 3.8) is 0 Å². The van der Waals surface area contributed by atoms with E-state index in [0.29, 0.717) is 0 Å². The molecule has 0 unspecified atom stereocenters. The number of benzene rings is 1. The van der Waals surface area contributed by atoms with Gasteiger partial charge in [-0.25, -0.2) is 0 Å². The monoisotopic (exact) mass is 301 g/mol. The maximum absolute atomic E-state index is 5.92. The van der Waals surface area contributed by atoms with Gasteiger partial charge in [0.2, 0.25) is 0 Å². The zero-order valence-corrected chi connectivity index (χ0v) is 13.8. The lowest BCUT2D eigenvalue weighted by molar-refractivity contribution is 0.0688. The van der Waals surface area contributed by atoms with Crippen LogP contribution in [0.3, 0.4) is 0 Å². The van der Waals surface area contributed by atoms with Crippen LogP contribution in [0, 0.1) is 5.92 Å². The van der Waals surface area contributed by atoms with Crippen molar-refractivity contribution in [2.24, 2.45) is 5.92 Å². The van der Waals surface area contributed by atoms with E-state index in [2.05, 4.69) is 35.6 Å². The number of ether oxygens (including phenoxy) is 1. The molecule has 0 saturated heterocycles. The van der Waals surface area contributed by atoms with Gasteiger partial charge in [-0.05, 0) is 50.0 Å². The summed E-state index contributed by atoms with van der Waals surface area (Å²) in [6.45, 7) is 1.70. The molecule has 0 bridgehead atoms. The van der Waals surface area contributed by atoms with Gasteiger partial charge in [-0.3, -0.25) is 0 Å². The molecule has 2 fully saturated rings. The third-order valence-corrected chi connectivity index (χ3v) is 5.39. The second-order valence-electron chi connectivity index (χ2n) is 7.22. The van der Waals surface area contributed by atoms with Crippen LogP contribution in [0.15, 0.2) is 30.3 Å². The summed E-state index contributed by atoms with van der Waals surface area (Å²) in [4.78, 5) is 0. The molecule has 2 aliphatic carbocycles. The minimum Gasteiger partial charge on any atom is -0.376 e. The van der Waals surface area contributed by atoms with Crippen LogP contribution < -0.4 is 5.32 Å². The lowest BCUT2D eigenvalue weighted by Gasteiger charge is -2.33. The zero-order chi connectivity index (χ0) is 15.0. The Morgan fingerprint density at radius 2 is 1.50 bits per heavy atom. The van der Waals surface area contributed by atoms with Crippen molar-refractivity contribution < 1.29 is 4.74 Å². The van der Waals surface area contributed by atoms with Crippen molar-refractivity contribution in [1.29, 1.82) is 0 Å². The highest BCUT2D eigenvalue weighted by molar-refractivity contribution is 5.13. The standard InChI is InChI=1S/C20H31NO/c1-3-7-17(8-4-1)15-22-16-18-11-13-20(14-12-18)21-19-9-5-2-6-10-19/h1,3-4,7-8,18-21H,2,5-6,9-16H2. The minimum absolute atomic E-state index is 0.765. The topological polar surface area (TPSA) is 21.3 Å². The highest BCUT2D eigenvalue weighted by Crippen LogP contribution is 2.27. The second kappa shape index (κ2) is 8.69. The maximum atomic E-state index is 5.92. The average Bonchev–Trinajstić information content (AvgIpc) is 2.58. The van der Waals surface area contributed by atoms with E-state index in [1.165, 1.54) is 63.4 Å². The molecule has 0 spiro atoms. The molecule has 2 nitrogen and oxygen atoms in total. The van der Waals surface area contributed by atoms with Gasteiger partial charge in [-0.15, -0.1) is 0 Å². The summed E-state index contributed by atoms with van der Waals surface area (Å²) in [6, 6.07) is 12.1. The van der Waals surface area contributed by atoms with E-state index in [-0.39, 0.29) is 0 Å². The molecular formula is C20H31NO. The first-order valence-electron chi connectivity index (χ1n) is 9.28. The molecule has 0 atom stereocenters. The van der Waals surface area contributed by atoms with Crippen LogP contribution in [0.4, 0.5) is 0 Å². The molecule has 0 aromatic heterocycles. The fourth-order valence-corrected chi connectivity index (χ4v) is 4.02. The predicted octanol–water partition coefficient (Wildman–Crippen LogP) is 4.68. The Morgan fingerprint density at radius 3 is 2.23 bits per heavy atom. The van der Waals surface area contributed by atoms with Crippen molar-refractivity contribution in [3.05, 3.63) is 35.9 Å². The van der Waals surface area contributed by atoms with Gasteiger partial charge in [0.15, 0.2) is 0 Å². The molecule has 2 saturated carbocycles. The normalized spacial score (nSPS) is 26.9. The third kappa shape index (κ3) is 5.10. The minimum atomic E-state index is 0.765. The van der Waals surface area contributed by atoms with Gasteiger partial charge in [0.1, 0.15) is 0 Å². The van der Waals surface area contributed by atoms with Crippen molar-refractivity contribution in [2.45, 2.75) is 76.5 Å². The van der Waals surface area contributed by atoms with E-state index in [9.17, 15) is 0 Å². The van der Waals surface area contributed by atoms with Crippen molar-refractivity contribution in [3.8, 4) is 0 Å². The van der Waals surface area contributed by atoms with Gasteiger partial charge in [0, 0.05) is 18.7 Å². The van der Waals surface area contributed by atoms with Gasteiger partial charge in [-0.1, -0.05) is 49.6 Å².